The lowest BCUT2D eigenvalue weighted by atomic mass is 9.76. The molecular weight excluding hydrogens is 296 g/mol. The van der Waals surface area contributed by atoms with Gasteiger partial charge in [0, 0.05) is 19.3 Å². The van der Waals surface area contributed by atoms with Gasteiger partial charge in [0.1, 0.15) is 5.78 Å². The van der Waals surface area contributed by atoms with E-state index in [2.05, 4.69) is 0 Å². The molecule has 0 saturated heterocycles. The molecule has 0 saturated carbocycles. The van der Waals surface area contributed by atoms with Gasteiger partial charge in [-0.15, -0.1) is 0 Å². The molecule has 2 aliphatic rings. The third kappa shape index (κ3) is 3.09. The largest absolute Gasteiger partial charge is 0.468 e. The summed E-state index contributed by atoms with van der Waals surface area (Å²) in [5.74, 6) is -1.05. The highest BCUT2D eigenvalue weighted by atomic mass is 16.5. The van der Waals surface area contributed by atoms with Crippen molar-refractivity contribution in [1.29, 1.82) is 0 Å². The van der Waals surface area contributed by atoms with E-state index in [1.54, 1.807) is 6.08 Å². The lowest BCUT2D eigenvalue weighted by Crippen LogP contribution is -2.38. The Bertz CT molecular complexity index is 605. The summed E-state index contributed by atoms with van der Waals surface area (Å²) in [6.45, 7) is 5.95. The van der Waals surface area contributed by atoms with Gasteiger partial charge >= 0.3 is 11.9 Å². The highest BCUT2D eigenvalue weighted by molar-refractivity contribution is 6.04. The van der Waals surface area contributed by atoms with E-state index in [0.29, 0.717) is 19.3 Å². The molecule has 0 N–H and O–H groups in total. The zero-order chi connectivity index (χ0) is 17.4. The van der Waals surface area contributed by atoms with Crippen LogP contribution in [-0.2, 0) is 23.9 Å². The first-order valence-corrected chi connectivity index (χ1v) is 7.74. The summed E-state index contributed by atoms with van der Waals surface area (Å²) in [4.78, 5) is 36.8. The van der Waals surface area contributed by atoms with E-state index < -0.39 is 17.4 Å². The smallest absolute Gasteiger partial charge is 0.327 e. The summed E-state index contributed by atoms with van der Waals surface area (Å²) in [5, 5.41) is 0. The maximum atomic E-state index is 12.3. The number of esters is 2. The fraction of sp³-hybridized carbons (Fsp3) is 0.611. The number of hydrogen-bond acceptors (Lipinski definition) is 5. The molecule has 2 aliphatic carbocycles. The van der Waals surface area contributed by atoms with Crippen LogP contribution in [0.15, 0.2) is 22.8 Å². The summed E-state index contributed by atoms with van der Waals surface area (Å²) >= 11 is 0. The fourth-order valence-electron chi connectivity index (χ4n) is 3.70. The highest BCUT2D eigenvalue weighted by Gasteiger charge is 2.52. The number of fused-ring (bicyclic) bond motifs is 1. The van der Waals surface area contributed by atoms with Gasteiger partial charge in [-0.05, 0) is 29.9 Å². The molecule has 0 aromatic rings. The van der Waals surface area contributed by atoms with Gasteiger partial charge in [0.05, 0.1) is 14.2 Å². The first-order chi connectivity index (χ1) is 10.6. The molecule has 0 spiro atoms. The second-order valence-corrected chi connectivity index (χ2v) is 7.29. The summed E-state index contributed by atoms with van der Waals surface area (Å²) < 4.78 is 9.73. The van der Waals surface area contributed by atoms with Crippen LogP contribution in [0.4, 0.5) is 0 Å². The maximum absolute atomic E-state index is 12.3. The van der Waals surface area contributed by atoms with Gasteiger partial charge in [-0.3, -0.25) is 14.4 Å². The maximum Gasteiger partial charge on any atom is 0.327 e. The molecular formula is C18H24O5. The third-order valence-electron chi connectivity index (χ3n) is 4.69. The Morgan fingerprint density at radius 1 is 1.04 bits per heavy atom. The van der Waals surface area contributed by atoms with E-state index in [-0.39, 0.29) is 17.6 Å². The van der Waals surface area contributed by atoms with Crippen LogP contribution in [-0.4, -0.2) is 31.9 Å². The minimum Gasteiger partial charge on any atom is -0.468 e. The van der Waals surface area contributed by atoms with Gasteiger partial charge in [0.2, 0.25) is 0 Å². The standard InChI is InChI=1S/C18H24O5/c1-11-6-13(19)9-17(2,3)7-12-8-18(10-14(11)12,15(20)22-4)16(21)23-5/h8H,6-7,9-10H2,1-5H3/b14-11-. The number of hydrogen-bond donors (Lipinski definition) is 0. The van der Waals surface area contributed by atoms with Crippen molar-refractivity contribution in [2.75, 3.05) is 14.2 Å². The van der Waals surface area contributed by atoms with Crippen LogP contribution in [0.2, 0.25) is 0 Å². The monoisotopic (exact) mass is 320 g/mol. The van der Waals surface area contributed by atoms with Crippen LogP contribution in [0.3, 0.4) is 0 Å². The predicted molar refractivity (Wildman–Crippen MR) is 84.5 cm³/mol. The zero-order valence-corrected chi connectivity index (χ0v) is 14.4. The Morgan fingerprint density at radius 2 is 1.61 bits per heavy atom. The molecule has 0 bridgehead atoms. The molecule has 0 aliphatic heterocycles. The van der Waals surface area contributed by atoms with Crippen LogP contribution in [0.5, 0.6) is 0 Å². The molecule has 0 atom stereocenters. The Morgan fingerprint density at radius 3 is 2.13 bits per heavy atom. The molecule has 126 valence electrons. The second-order valence-electron chi connectivity index (χ2n) is 7.29. The van der Waals surface area contributed by atoms with E-state index in [9.17, 15) is 14.4 Å². The predicted octanol–water partition coefficient (Wildman–Crippen LogP) is 2.74. The summed E-state index contributed by atoms with van der Waals surface area (Å²) in [7, 11) is 2.53. The molecule has 0 heterocycles. The number of ether oxygens (including phenoxy) is 2. The van der Waals surface area contributed by atoms with E-state index in [1.807, 2.05) is 20.8 Å². The number of methoxy groups -OCH3 is 2. The van der Waals surface area contributed by atoms with Gasteiger partial charge in [-0.1, -0.05) is 25.5 Å². The van der Waals surface area contributed by atoms with Crippen LogP contribution in [0.25, 0.3) is 0 Å². The zero-order valence-electron chi connectivity index (χ0n) is 14.4. The van der Waals surface area contributed by atoms with Gasteiger partial charge in [-0.25, -0.2) is 0 Å². The molecule has 0 amide bonds. The molecule has 0 radical (unpaired) electrons. The molecule has 2 rings (SSSR count). The number of Topliss-reactive ketones (excluding diaryl/α,β-unsaturated/α-hetero) is 1. The molecule has 0 unspecified atom stereocenters. The third-order valence-corrected chi connectivity index (χ3v) is 4.69. The van der Waals surface area contributed by atoms with Crippen LogP contribution in [0, 0.1) is 10.8 Å². The van der Waals surface area contributed by atoms with Crippen molar-refractivity contribution in [3.63, 3.8) is 0 Å². The summed E-state index contributed by atoms with van der Waals surface area (Å²) in [5.41, 5.74) is 1.15. The molecule has 5 nitrogen and oxygen atoms in total. The average molecular weight is 320 g/mol. The van der Waals surface area contributed by atoms with Crippen molar-refractivity contribution in [1.82, 2.24) is 0 Å². The van der Waals surface area contributed by atoms with Crippen molar-refractivity contribution in [3.05, 3.63) is 22.8 Å². The van der Waals surface area contributed by atoms with Crippen molar-refractivity contribution in [3.8, 4) is 0 Å². The molecule has 0 aromatic carbocycles. The quantitative estimate of drug-likeness (QED) is 0.578. The first kappa shape index (κ1) is 17.4. The normalized spacial score (nSPS) is 25.8. The van der Waals surface area contributed by atoms with E-state index in [0.717, 1.165) is 16.7 Å². The van der Waals surface area contributed by atoms with Crippen LogP contribution >= 0.6 is 0 Å². The SMILES string of the molecule is COC(=O)C1(C(=O)OC)C=C2CC(C)(C)CC(=O)C/C(C)=C\2C1. The molecule has 0 fully saturated rings. The van der Waals surface area contributed by atoms with Crippen LogP contribution in [0.1, 0.15) is 46.5 Å². The first-order valence-electron chi connectivity index (χ1n) is 7.74. The number of ketones is 1. The van der Waals surface area contributed by atoms with Gasteiger partial charge in [-0.2, -0.15) is 0 Å². The van der Waals surface area contributed by atoms with E-state index in [4.69, 9.17) is 9.47 Å². The summed E-state index contributed by atoms with van der Waals surface area (Å²) in [6, 6.07) is 0. The lowest BCUT2D eigenvalue weighted by molar-refractivity contribution is -0.164. The Kier molecular flexibility index (Phi) is 4.51. The summed E-state index contributed by atoms with van der Waals surface area (Å²) in [6.07, 6.45) is 3.38. The van der Waals surface area contributed by atoms with Crippen molar-refractivity contribution in [2.45, 2.75) is 46.5 Å². The van der Waals surface area contributed by atoms with Gasteiger partial charge in [0.25, 0.3) is 0 Å². The minimum atomic E-state index is -1.43. The van der Waals surface area contributed by atoms with Gasteiger partial charge < -0.3 is 9.47 Å². The van der Waals surface area contributed by atoms with Crippen molar-refractivity contribution in [2.24, 2.45) is 10.8 Å². The molecule has 5 heteroatoms. The Hall–Kier alpha value is -1.91. The Balaban J connectivity index is 2.58. The minimum absolute atomic E-state index is 0.188. The number of carbonyl (C=O) groups is 3. The van der Waals surface area contributed by atoms with Crippen molar-refractivity contribution >= 4 is 17.7 Å². The van der Waals surface area contributed by atoms with Crippen LogP contribution < -0.4 is 0 Å². The van der Waals surface area contributed by atoms with Crippen molar-refractivity contribution < 1.29 is 23.9 Å². The topological polar surface area (TPSA) is 69.7 Å². The van der Waals surface area contributed by atoms with E-state index >= 15 is 0 Å². The second kappa shape index (κ2) is 5.95. The number of rotatable bonds is 2. The molecule has 23 heavy (non-hydrogen) atoms. The fourth-order valence-corrected chi connectivity index (χ4v) is 3.70. The number of allylic oxidation sites excluding steroid dienone is 3. The van der Waals surface area contributed by atoms with E-state index in [1.165, 1.54) is 14.2 Å². The average Bonchev–Trinajstić information content (AvgIpc) is 2.83. The number of carbonyl (C=O) groups excluding carboxylic acids is 3. The molecule has 0 aromatic heterocycles. The highest BCUT2D eigenvalue weighted by Crippen LogP contribution is 2.49. The lowest BCUT2D eigenvalue weighted by Gasteiger charge is -2.28. The van der Waals surface area contributed by atoms with Gasteiger partial charge in [0.15, 0.2) is 5.41 Å². The Labute approximate surface area is 136 Å².